The van der Waals surface area contributed by atoms with Gasteiger partial charge in [-0.2, -0.15) is 11.1 Å². The molecular formula is C8H17ClOSi. The third kappa shape index (κ3) is 4.14. The molecule has 0 amide bonds. The lowest BCUT2D eigenvalue weighted by molar-refractivity contribution is 0.117. The van der Waals surface area contributed by atoms with Crippen LogP contribution < -0.4 is 0 Å². The predicted octanol–water partition coefficient (Wildman–Crippen LogP) is 1.86. The smallest absolute Gasteiger partial charge is 0.152 e. The molecule has 0 aromatic heterocycles. The quantitative estimate of drug-likeness (QED) is 0.376. The molecule has 0 aromatic carbocycles. The predicted molar refractivity (Wildman–Crippen MR) is 51.8 cm³/mol. The Bertz CT molecular complexity index is 94.1. The summed E-state index contributed by atoms with van der Waals surface area (Å²) in [5.41, 5.74) is 0. The van der Waals surface area contributed by atoms with Crippen molar-refractivity contribution in [3.05, 3.63) is 0 Å². The average Bonchev–Trinajstić information content (AvgIpc) is 2.07. The van der Waals surface area contributed by atoms with Crippen molar-refractivity contribution in [2.24, 2.45) is 5.92 Å². The van der Waals surface area contributed by atoms with E-state index in [1.807, 2.05) is 0 Å². The first kappa shape index (κ1) is 9.55. The summed E-state index contributed by atoms with van der Waals surface area (Å²) < 4.78 is 5.45. The molecule has 0 aromatic rings. The van der Waals surface area contributed by atoms with Crippen molar-refractivity contribution < 1.29 is 4.74 Å². The van der Waals surface area contributed by atoms with Crippen LogP contribution in [0.3, 0.4) is 0 Å². The van der Waals surface area contributed by atoms with Crippen molar-refractivity contribution in [1.29, 1.82) is 0 Å². The van der Waals surface area contributed by atoms with E-state index in [9.17, 15) is 0 Å². The van der Waals surface area contributed by atoms with Crippen LogP contribution >= 0.6 is 11.1 Å². The van der Waals surface area contributed by atoms with Crippen molar-refractivity contribution in [3.63, 3.8) is 0 Å². The second-order valence-corrected chi connectivity index (χ2v) is 5.19. The van der Waals surface area contributed by atoms with Crippen LogP contribution in [0, 0.1) is 5.92 Å². The Kier molecular flexibility index (Phi) is 5.24. The topological polar surface area (TPSA) is 9.23 Å². The van der Waals surface area contributed by atoms with E-state index in [2.05, 4.69) is 0 Å². The van der Waals surface area contributed by atoms with E-state index in [1.54, 1.807) is 0 Å². The summed E-state index contributed by atoms with van der Waals surface area (Å²) in [7, 11) is -0.383. The summed E-state index contributed by atoms with van der Waals surface area (Å²) in [4.78, 5) is 0. The molecule has 0 heterocycles. The summed E-state index contributed by atoms with van der Waals surface area (Å²) in [6.07, 6.45) is 7.87. The first-order valence-corrected chi connectivity index (χ1v) is 7.71. The summed E-state index contributed by atoms with van der Waals surface area (Å²) in [5, 5.41) is 0. The molecule has 1 aliphatic rings. The van der Waals surface area contributed by atoms with Crippen LogP contribution in [0.5, 0.6) is 0 Å². The summed E-state index contributed by atoms with van der Waals surface area (Å²) in [6.45, 7) is 0.972. The van der Waals surface area contributed by atoms with E-state index in [0.29, 0.717) is 0 Å². The minimum atomic E-state index is -0.383. The first-order valence-electron chi connectivity index (χ1n) is 4.57. The standard InChI is InChI=1S/C8H17ClOSi/c9-11-7-10-6-8-4-2-1-3-5-8/h8H,1-7,11H2. The van der Waals surface area contributed by atoms with E-state index in [1.165, 1.54) is 32.1 Å². The Hall–Kier alpha value is 0.467. The van der Waals surface area contributed by atoms with Crippen LogP contribution in [-0.2, 0) is 4.74 Å². The van der Waals surface area contributed by atoms with Gasteiger partial charge in [0.2, 0.25) is 0 Å². The van der Waals surface area contributed by atoms with Crippen LogP contribution in [0.2, 0.25) is 0 Å². The molecule has 0 bridgehead atoms. The van der Waals surface area contributed by atoms with Gasteiger partial charge in [0.1, 0.15) is 0 Å². The van der Waals surface area contributed by atoms with Crippen molar-refractivity contribution in [2.75, 3.05) is 12.8 Å². The lowest BCUT2D eigenvalue weighted by atomic mass is 9.90. The highest BCUT2D eigenvalue weighted by molar-refractivity contribution is 6.93. The lowest BCUT2D eigenvalue weighted by Gasteiger charge is -2.20. The normalized spacial score (nSPS) is 21.5. The van der Waals surface area contributed by atoms with Gasteiger partial charge in [0, 0.05) is 12.8 Å². The maximum atomic E-state index is 5.63. The molecule has 0 spiro atoms. The fraction of sp³-hybridized carbons (Fsp3) is 1.00. The first-order chi connectivity index (χ1) is 5.43. The van der Waals surface area contributed by atoms with Crippen molar-refractivity contribution in [1.82, 2.24) is 0 Å². The van der Waals surface area contributed by atoms with Crippen molar-refractivity contribution in [2.45, 2.75) is 32.1 Å². The molecule has 66 valence electrons. The molecule has 1 rings (SSSR count). The average molecular weight is 193 g/mol. The Labute approximate surface area is 76.0 Å². The van der Waals surface area contributed by atoms with Gasteiger partial charge in [-0.05, 0) is 18.8 Å². The second-order valence-electron chi connectivity index (χ2n) is 3.27. The van der Waals surface area contributed by atoms with E-state index < -0.39 is 0 Å². The van der Waals surface area contributed by atoms with Gasteiger partial charge in [0.05, 0.1) is 0 Å². The Balaban J connectivity index is 1.96. The van der Waals surface area contributed by atoms with Gasteiger partial charge in [-0.15, -0.1) is 0 Å². The highest BCUT2D eigenvalue weighted by Crippen LogP contribution is 2.23. The van der Waals surface area contributed by atoms with Gasteiger partial charge in [0.15, 0.2) is 8.83 Å². The molecule has 1 aliphatic carbocycles. The molecule has 0 N–H and O–H groups in total. The molecule has 3 heteroatoms. The monoisotopic (exact) mass is 192 g/mol. The van der Waals surface area contributed by atoms with Crippen LogP contribution in [0.25, 0.3) is 0 Å². The molecule has 0 atom stereocenters. The zero-order valence-electron chi connectivity index (χ0n) is 7.02. The number of halogens is 1. The summed E-state index contributed by atoms with van der Waals surface area (Å²) >= 11 is 5.63. The number of hydrogen-bond acceptors (Lipinski definition) is 1. The minimum Gasteiger partial charge on any atom is -0.384 e. The Morgan fingerprint density at radius 3 is 2.64 bits per heavy atom. The molecule has 0 radical (unpaired) electrons. The third-order valence-electron chi connectivity index (χ3n) is 2.30. The second kappa shape index (κ2) is 6.04. The molecule has 0 saturated heterocycles. The fourth-order valence-corrected chi connectivity index (χ4v) is 2.26. The fourth-order valence-electron chi connectivity index (χ4n) is 1.66. The molecule has 0 aliphatic heterocycles. The maximum Gasteiger partial charge on any atom is 0.152 e. The highest BCUT2D eigenvalue weighted by atomic mass is 35.6. The van der Waals surface area contributed by atoms with Gasteiger partial charge in [-0.3, -0.25) is 0 Å². The zero-order valence-corrected chi connectivity index (χ0v) is 9.19. The van der Waals surface area contributed by atoms with Crippen LogP contribution in [0.1, 0.15) is 32.1 Å². The van der Waals surface area contributed by atoms with Crippen LogP contribution in [0.15, 0.2) is 0 Å². The molecule has 1 fully saturated rings. The number of rotatable bonds is 4. The molecule has 1 saturated carbocycles. The van der Waals surface area contributed by atoms with Crippen LogP contribution in [0.4, 0.5) is 0 Å². The largest absolute Gasteiger partial charge is 0.384 e. The van der Waals surface area contributed by atoms with Gasteiger partial charge < -0.3 is 4.74 Å². The maximum absolute atomic E-state index is 5.63. The molecular weight excluding hydrogens is 176 g/mol. The van der Waals surface area contributed by atoms with Gasteiger partial charge in [-0.25, -0.2) is 0 Å². The van der Waals surface area contributed by atoms with Crippen molar-refractivity contribution in [3.8, 4) is 0 Å². The van der Waals surface area contributed by atoms with E-state index >= 15 is 0 Å². The number of ether oxygens (including phenoxy) is 1. The van der Waals surface area contributed by atoms with Crippen molar-refractivity contribution >= 4 is 19.9 Å². The summed E-state index contributed by atoms with van der Waals surface area (Å²) in [5.74, 6) is 0.848. The minimum absolute atomic E-state index is 0.383. The number of hydrogen-bond donors (Lipinski definition) is 0. The van der Waals surface area contributed by atoms with Gasteiger partial charge >= 0.3 is 0 Å². The van der Waals surface area contributed by atoms with Gasteiger partial charge in [0.25, 0.3) is 0 Å². The summed E-state index contributed by atoms with van der Waals surface area (Å²) in [6, 6.07) is 0. The highest BCUT2D eigenvalue weighted by Gasteiger charge is 2.12. The molecule has 0 unspecified atom stereocenters. The van der Waals surface area contributed by atoms with Crippen LogP contribution in [-0.4, -0.2) is 21.7 Å². The van der Waals surface area contributed by atoms with Gasteiger partial charge in [-0.1, -0.05) is 19.3 Å². The Morgan fingerprint density at radius 2 is 2.00 bits per heavy atom. The zero-order chi connectivity index (χ0) is 7.94. The molecule has 11 heavy (non-hydrogen) atoms. The Morgan fingerprint density at radius 1 is 1.27 bits per heavy atom. The lowest BCUT2D eigenvalue weighted by Crippen LogP contribution is -2.14. The molecule has 1 nitrogen and oxygen atoms in total. The van der Waals surface area contributed by atoms with E-state index in [0.717, 1.165) is 18.8 Å². The van der Waals surface area contributed by atoms with E-state index in [-0.39, 0.29) is 8.83 Å². The SMILES string of the molecule is Cl[SiH2]COCC1CCCCC1. The third-order valence-corrected chi connectivity index (χ3v) is 3.21. The van der Waals surface area contributed by atoms with E-state index in [4.69, 9.17) is 15.8 Å².